The summed E-state index contributed by atoms with van der Waals surface area (Å²) in [5, 5.41) is 0. The van der Waals surface area contributed by atoms with Crippen LogP contribution in [-0.4, -0.2) is 30.3 Å². The van der Waals surface area contributed by atoms with Gasteiger partial charge in [0, 0.05) is 11.8 Å². The number of hydrogen-bond donors (Lipinski definition) is 1. The van der Waals surface area contributed by atoms with Crippen molar-refractivity contribution >= 4 is 11.8 Å². The van der Waals surface area contributed by atoms with Crippen LogP contribution in [0.5, 0.6) is 0 Å². The van der Waals surface area contributed by atoms with Gasteiger partial charge in [0.1, 0.15) is 0 Å². The van der Waals surface area contributed by atoms with Gasteiger partial charge in [-0.1, -0.05) is 6.92 Å². The number of hydrogen-bond acceptors (Lipinski definition) is 3. The van der Waals surface area contributed by atoms with Gasteiger partial charge >= 0.3 is 0 Å². The molecule has 0 rings (SSSR count). The first-order chi connectivity index (χ1) is 5.16. The first kappa shape index (κ1) is 11.3. The van der Waals surface area contributed by atoms with E-state index >= 15 is 0 Å². The summed E-state index contributed by atoms with van der Waals surface area (Å²) in [7, 11) is 0. The maximum Gasteiger partial charge on any atom is 0.0629 e. The minimum Gasteiger partial charge on any atom is -0.377 e. The lowest BCUT2D eigenvalue weighted by molar-refractivity contribution is 0.0720. The van der Waals surface area contributed by atoms with E-state index in [1.165, 1.54) is 0 Å². The summed E-state index contributed by atoms with van der Waals surface area (Å²) < 4.78 is 5.36. The third-order valence-corrected chi connectivity index (χ3v) is 2.25. The van der Waals surface area contributed by atoms with E-state index in [1.54, 1.807) is 0 Å². The summed E-state index contributed by atoms with van der Waals surface area (Å²) in [6.45, 7) is 6.88. The molecule has 0 radical (unpaired) electrons. The van der Waals surface area contributed by atoms with Crippen LogP contribution in [0, 0.1) is 0 Å². The van der Waals surface area contributed by atoms with Crippen LogP contribution in [0.15, 0.2) is 0 Å². The molecule has 1 atom stereocenters. The SMILES string of the molecule is CCSCC(N)COC(C)C. The lowest BCUT2D eigenvalue weighted by Crippen LogP contribution is -2.30. The zero-order valence-electron chi connectivity index (χ0n) is 7.67. The molecule has 0 saturated carbocycles. The van der Waals surface area contributed by atoms with Crippen molar-refractivity contribution in [2.75, 3.05) is 18.1 Å². The first-order valence-corrected chi connectivity index (χ1v) is 5.27. The molecule has 0 saturated heterocycles. The quantitative estimate of drug-likeness (QED) is 0.667. The molecule has 0 aromatic heterocycles. The number of ether oxygens (including phenoxy) is 1. The monoisotopic (exact) mass is 177 g/mol. The van der Waals surface area contributed by atoms with Crippen molar-refractivity contribution < 1.29 is 4.74 Å². The van der Waals surface area contributed by atoms with Crippen LogP contribution in [0.1, 0.15) is 20.8 Å². The molecule has 3 heteroatoms. The van der Waals surface area contributed by atoms with Crippen LogP contribution in [0.4, 0.5) is 0 Å². The standard InChI is InChI=1S/C8H19NOS/c1-4-11-6-8(9)5-10-7(2)3/h7-8H,4-6,9H2,1-3H3. The molecule has 0 aromatic rings. The lowest BCUT2D eigenvalue weighted by atomic mass is 10.4. The molecule has 0 aliphatic carbocycles. The van der Waals surface area contributed by atoms with Gasteiger partial charge in [-0.25, -0.2) is 0 Å². The smallest absolute Gasteiger partial charge is 0.0629 e. The molecule has 0 aromatic carbocycles. The highest BCUT2D eigenvalue weighted by Crippen LogP contribution is 2.01. The number of nitrogens with two attached hydrogens (primary N) is 1. The molecular weight excluding hydrogens is 158 g/mol. The number of thioether (sulfide) groups is 1. The summed E-state index contributed by atoms with van der Waals surface area (Å²) in [6.07, 6.45) is 0.299. The fourth-order valence-corrected chi connectivity index (χ4v) is 1.27. The minimum absolute atomic E-state index is 0.197. The average Bonchev–Trinajstić information content (AvgIpc) is 1.97. The van der Waals surface area contributed by atoms with Gasteiger partial charge in [-0.3, -0.25) is 0 Å². The Labute approximate surface area is 73.9 Å². The maximum atomic E-state index is 5.76. The Hall–Kier alpha value is 0.270. The van der Waals surface area contributed by atoms with Crippen molar-refractivity contribution in [3.05, 3.63) is 0 Å². The molecule has 2 N–H and O–H groups in total. The van der Waals surface area contributed by atoms with Crippen LogP contribution < -0.4 is 5.73 Å². The van der Waals surface area contributed by atoms with E-state index in [4.69, 9.17) is 10.5 Å². The molecule has 11 heavy (non-hydrogen) atoms. The van der Waals surface area contributed by atoms with Gasteiger partial charge < -0.3 is 10.5 Å². The fraction of sp³-hybridized carbons (Fsp3) is 1.00. The molecule has 0 spiro atoms. The minimum atomic E-state index is 0.197. The molecule has 0 aliphatic heterocycles. The largest absolute Gasteiger partial charge is 0.377 e. The van der Waals surface area contributed by atoms with E-state index in [-0.39, 0.29) is 6.04 Å². The highest BCUT2D eigenvalue weighted by Gasteiger charge is 2.02. The van der Waals surface area contributed by atoms with Crippen LogP contribution in [0.2, 0.25) is 0 Å². The molecule has 0 aliphatic rings. The van der Waals surface area contributed by atoms with Gasteiger partial charge in [0.2, 0.25) is 0 Å². The molecular formula is C8H19NOS. The van der Waals surface area contributed by atoms with Crippen molar-refractivity contribution in [1.82, 2.24) is 0 Å². The van der Waals surface area contributed by atoms with Gasteiger partial charge in [-0.2, -0.15) is 11.8 Å². The normalized spacial score (nSPS) is 13.9. The second-order valence-corrected chi connectivity index (χ2v) is 4.12. The molecule has 0 heterocycles. The Bertz CT molecular complexity index is 88.2. The second kappa shape index (κ2) is 6.95. The van der Waals surface area contributed by atoms with E-state index in [0.717, 1.165) is 11.5 Å². The molecule has 68 valence electrons. The van der Waals surface area contributed by atoms with E-state index in [1.807, 2.05) is 25.6 Å². The lowest BCUT2D eigenvalue weighted by Gasteiger charge is -2.13. The Morgan fingerprint density at radius 3 is 2.55 bits per heavy atom. The first-order valence-electron chi connectivity index (χ1n) is 4.11. The van der Waals surface area contributed by atoms with Crippen LogP contribution >= 0.6 is 11.8 Å². The summed E-state index contributed by atoms with van der Waals surface area (Å²) in [5.41, 5.74) is 5.76. The van der Waals surface area contributed by atoms with Gasteiger partial charge in [-0.05, 0) is 19.6 Å². The van der Waals surface area contributed by atoms with Crippen molar-refractivity contribution in [1.29, 1.82) is 0 Å². The third kappa shape index (κ3) is 8.17. The Morgan fingerprint density at radius 2 is 2.09 bits per heavy atom. The highest BCUT2D eigenvalue weighted by atomic mass is 32.2. The molecule has 0 amide bonds. The average molecular weight is 177 g/mol. The van der Waals surface area contributed by atoms with Gasteiger partial charge in [0.05, 0.1) is 12.7 Å². The molecule has 0 bridgehead atoms. The maximum absolute atomic E-state index is 5.76. The molecule has 2 nitrogen and oxygen atoms in total. The van der Waals surface area contributed by atoms with Gasteiger partial charge in [0.25, 0.3) is 0 Å². The van der Waals surface area contributed by atoms with Crippen molar-refractivity contribution in [2.24, 2.45) is 5.73 Å². The molecule has 1 unspecified atom stereocenters. The Morgan fingerprint density at radius 1 is 1.45 bits per heavy atom. The Balaban J connectivity index is 3.15. The summed E-state index contributed by atoms with van der Waals surface area (Å²) in [6, 6.07) is 0.197. The zero-order valence-corrected chi connectivity index (χ0v) is 8.49. The van der Waals surface area contributed by atoms with Crippen molar-refractivity contribution in [3.63, 3.8) is 0 Å². The van der Waals surface area contributed by atoms with Crippen LogP contribution in [0.25, 0.3) is 0 Å². The van der Waals surface area contributed by atoms with E-state index < -0.39 is 0 Å². The van der Waals surface area contributed by atoms with Gasteiger partial charge in [0.15, 0.2) is 0 Å². The van der Waals surface area contributed by atoms with Crippen molar-refractivity contribution in [2.45, 2.75) is 32.9 Å². The Kier molecular flexibility index (Phi) is 7.12. The summed E-state index contributed by atoms with van der Waals surface area (Å²) in [5.74, 6) is 2.14. The topological polar surface area (TPSA) is 35.2 Å². The van der Waals surface area contributed by atoms with Crippen molar-refractivity contribution in [3.8, 4) is 0 Å². The summed E-state index contributed by atoms with van der Waals surface area (Å²) >= 11 is 1.86. The second-order valence-electron chi connectivity index (χ2n) is 2.80. The number of rotatable bonds is 6. The van der Waals surface area contributed by atoms with E-state index in [9.17, 15) is 0 Å². The fourth-order valence-electron chi connectivity index (χ4n) is 0.633. The summed E-state index contributed by atoms with van der Waals surface area (Å²) in [4.78, 5) is 0. The third-order valence-electron chi connectivity index (χ3n) is 1.18. The van der Waals surface area contributed by atoms with E-state index in [2.05, 4.69) is 6.92 Å². The van der Waals surface area contributed by atoms with Crippen LogP contribution in [-0.2, 0) is 4.74 Å². The van der Waals surface area contributed by atoms with Crippen LogP contribution in [0.3, 0.4) is 0 Å². The predicted molar refractivity (Wildman–Crippen MR) is 52.1 cm³/mol. The van der Waals surface area contributed by atoms with E-state index in [0.29, 0.717) is 12.7 Å². The predicted octanol–water partition coefficient (Wildman–Crippen LogP) is 1.49. The highest BCUT2D eigenvalue weighted by molar-refractivity contribution is 7.99. The molecule has 0 fully saturated rings. The van der Waals surface area contributed by atoms with Gasteiger partial charge in [-0.15, -0.1) is 0 Å². The zero-order chi connectivity index (χ0) is 8.69.